The van der Waals surface area contributed by atoms with Gasteiger partial charge in [0.05, 0.1) is 11.7 Å². The molecule has 0 saturated heterocycles. The third-order valence-electron chi connectivity index (χ3n) is 1.85. The molecular weight excluding hydrogens is 196 g/mol. The fraction of sp³-hybridized carbons (Fsp3) is 0.400. The van der Waals surface area contributed by atoms with Crippen molar-refractivity contribution in [2.75, 3.05) is 5.75 Å². The first kappa shape index (κ1) is 11.0. The molecule has 3 nitrogen and oxygen atoms in total. The average molecular weight is 210 g/mol. The molecule has 0 radical (unpaired) electrons. The van der Waals surface area contributed by atoms with E-state index in [1.54, 1.807) is 6.20 Å². The van der Waals surface area contributed by atoms with Crippen LogP contribution in [0, 0.1) is 0 Å². The lowest BCUT2D eigenvalue weighted by molar-refractivity contribution is -0.121. The molecule has 4 heteroatoms. The number of rotatable bonds is 4. The Morgan fingerprint density at radius 3 is 3.00 bits per heavy atom. The maximum Gasteiger partial charge on any atom is 0.221 e. The van der Waals surface area contributed by atoms with E-state index < -0.39 is 0 Å². The van der Waals surface area contributed by atoms with E-state index in [9.17, 15) is 4.79 Å². The zero-order valence-corrected chi connectivity index (χ0v) is 9.00. The van der Waals surface area contributed by atoms with E-state index >= 15 is 0 Å². The summed E-state index contributed by atoms with van der Waals surface area (Å²) in [5.74, 6) is 0.582. The van der Waals surface area contributed by atoms with Gasteiger partial charge < -0.3 is 5.32 Å². The van der Waals surface area contributed by atoms with Crippen molar-refractivity contribution in [3.8, 4) is 0 Å². The smallest absolute Gasteiger partial charge is 0.221 e. The van der Waals surface area contributed by atoms with Gasteiger partial charge in [-0.05, 0) is 24.8 Å². The zero-order chi connectivity index (χ0) is 10.4. The minimum Gasteiger partial charge on any atom is -0.348 e. The van der Waals surface area contributed by atoms with Crippen LogP contribution < -0.4 is 5.32 Å². The first-order chi connectivity index (χ1) is 6.74. The quantitative estimate of drug-likeness (QED) is 0.741. The molecule has 0 bridgehead atoms. The number of carbonyl (C=O) groups excluding carboxylic acids is 1. The van der Waals surface area contributed by atoms with Crippen LogP contribution in [0.2, 0.25) is 0 Å². The Morgan fingerprint density at radius 2 is 2.43 bits per heavy atom. The summed E-state index contributed by atoms with van der Waals surface area (Å²) in [5, 5.41) is 2.85. The Labute approximate surface area is 89.3 Å². The number of thiol groups is 1. The van der Waals surface area contributed by atoms with Crippen LogP contribution in [0.25, 0.3) is 0 Å². The largest absolute Gasteiger partial charge is 0.348 e. The monoisotopic (exact) mass is 210 g/mol. The number of hydrogen-bond acceptors (Lipinski definition) is 3. The van der Waals surface area contributed by atoms with Gasteiger partial charge in [-0.15, -0.1) is 0 Å². The fourth-order valence-corrected chi connectivity index (χ4v) is 1.32. The molecule has 1 heterocycles. The lowest BCUT2D eigenvalue weighted by Gasteiger charge is -2.12. The second-order valence-electron chi connectivity index (χ2n) is 3.02. The molecule has 0 saturated carbocycles. The van der Waals surface area contributed by atoms with Crippen LogP contribution in [0.4, 0.5) is 0 Å². The van der Waals surface area contributed by atoms with Crippen molar-refractivity contribution in [1.29, 1.82) is 0 Å². The Hall–Kier alpha value is -1.03. The van der Waals surface area contributed by atoms with Crippen LogP contribution in [0.5, 0.6) is 0 Å². The highest BCUT2D eigenvalue weighted by Crippen LogP contribution is 2.07. The molecule has 0 fully saturated rings. The third kappa shape index (κ3) is 3.38. The Kier molecular flexibility index (Phi) is 4.46. The van der Waals surface area contributed by atoms with E-state index in [0.717, 1.165) is 5.69 Å². The summed E-state index contributed by atoms with van der Waals surface area (Å²) in [5.41, 5.74) is 0.875. The van der Waals surface area contributed by atoms with Crippen molar-refractivity contribution in [2.45, 2.75) is 19.4 Å². The Balaban J connectivity index is 2.50. The molecule has 0 spiro atoms. The van der Waals surface area contributed by atoms with E-state index in [4.69, 9.17) is 0 Å². The lowest BCUT2D eigenvalue weighted by atomic mass is 10.2. The van der Waals surface area contributed by atoms with Crippen molar-refractivity contribution < 1.29 is 4.79 Å². The molecule has 1 amide bonds. The van der Waals surface area contributed by atoms with Crippen molar-refractivity contribution >= 4 is 18.5 Å². The number of pyridine rings is 1. The number of carbonyl (C=O) groups is 1. The maximum absolute atomic E-state index is 11.2. The van der Waals surface area contributed by atoms with Crippen LogP contribution in [-0.2, 0) is 4.79 Å². The van der Waals surface area contributed by atoms with Gasteiger partial charge in [-0.3, -0.25) is 9.78 Å². The van der Waals surface area contributed by atoms with Gasteiger partial charge in [0.1, 0.15) is 0 Å². The van der Waals surface area contributed by atoms with Gasteiger partial charge >= 0.3 is 0 Å². The highest BCUT2D eigenvalue weighted by Gasteiger charge is 2.08. The third-order valence-corrected chi connectivity index (χ3v) is 2.07. The van der Waals surface area contributed by atoms with Crippen molar-refractivity contribution in [1.82, 2.24) is 10.3 Å². The van der Waals surface area contributed by atoms with Crippen LogP contribution >= 0.6 is 12.6 Å². The van der Waals surface area contributed by atoms with Crippen molar-refractivity contribution in [3.05, 3.63) is 30.1 Å². The summed E-state index contributed by atoms with van der Waals surface area (Å²) in [4.78, 5) is 15.4. The predicted molar refractivity (Wildman–Crippen MR) is 59.3 cm³/mol. The second kappa shape index (κ2) is 5.65. The lowest BCUT2D eigenvalue weighted by Crippen LogP contribution is -2.27. The molecule has 0 aliphatic heterocycles. The molecule has 1 aromatic rings. The van der Waals surface area contributed by atoms with Crippen molar-refractivity contribution in [3.63, 3.8) is 0 Å². The van der Waals surface area contributed by atoms with Gasteiger partial charge in [-0.1, -0.05) is 6.07 Å². The molecule has 1 rings (SSSR count). The molecule has 0 aliphatic rings. The Morgan fingerprint density at radius 1 is 1.64 bits per heavy atom. The number of amides is 1. The second-order valence-corrected chi connectivity index (χ2v) is 3.46. The van der Waals surface area contributed by atoms with Crippen LogP contribution in [0.3, 0.4) is 0 Å². The molecule has 0 aromatic carbocycles. The fourth-order valence-electron chi connectivity index (χ4n) is 1.12. The van der Waals surface area contributed by atoms with Gasteiger partial charge in [0, 0.05) is 12.6 Å². The highest BCUT2D eigenvalue weighted by atomic mass is 32.1. The number of aromatic nitrogens is 1. The highest BCUT2D eigenvalue weighted by molar-refractivity contribution is 7.80. The van der Waals surface area contributed by atoms with Gasteiger partial charge in [0.25, 0.3) is 0 Å². The molecule has 76 valence electrons. The van der Waals surface area contributed by atoms with Gasteiger partial charge in [-0.2, -0.15) is 12.6 Å². The normalized spacial score (nSPS) is 12.1. The summed E-state index contributed by atoms with van der Waals surface area (Å²) in [7, 11) is 0. The maximum atomic E-state index is 11.2. The van der Waals surface area contributed by atoms with Gasteiger partial charge in [-0.25, -0.2) is 0 Å². The molecular formula is C10H14N2OS. The number of nitrogens with zero attached hydrogens (tertiary/aromatic N) is 1. The van der Waals surface area contributed by atoms with E-state index in [1.165, 1.54) is 0 Å². The van der Waals surface area contributed by atoms with E-state index in [-0.39, 0.29) is 11.9 Å². The summed E-state index contributed by atoms with van der Waals surface area (Å²) in [6.07, 6.45) is 2.16. The first-order valence-corrected chi connectivity index (χ1v) is 5.18. The standard InChI is InChI=1S/C10H14N2OS/c1-8(12-10(13)5-7-14)9-4-2-3-6-11-9/h2-4,6,8,14H,5,7H2,1H3,(H,12,13). The molecule has 1 unspecified atom stereocenters. The summed E-state index contributed by atoms with van der Waals surface area (Å²) in [6.45, 7) is 1.92. The van der Waals surface area contributed by atoms with E-state index in [2.05, 4.69) is 22.9 Å². The minimum absolute atomic E-state index is 0.0122. The summed E-state index contributed by atoms with van der Waals surface area (Å²) < 4.78 is 0. The van der Waals surface area contributed by atoms with Crippen LogP contribution in [0.15, 0.2) is 24.4 Å². The number of nitrogens with one attached hydrogen (secondary N) is 1. The zero-order valence-electron chi connectivity index (χ0n) is 8.10. The number of hydrogen-bond donors (Lipinski definition) is 2. The average Bonchev–Trinajstić information content (AvgIpc) is 2.19. The van der Waals surface area contributed by atoms with E-state index in [1.807, 2.05) is 25.1 Å². The first-order valence-electron chi connectivity index (χ1n) is 4.55. The van der Waals surface area contributed by atoms with Gasteiger partial charge in [0.15, 0.2) is 0 Å². The Bertz CT molecular complexity index is 289. The predicted octanol–water partition coefficient (Wildman–Crippen LogP) is 1.58. The molecule has 0 aliphatic carbocycles. The summed E-state index contributed by atoms with van der Waals surface area (Å²) in [6, 6.07) is 5.62. The molecule has 1 aromatic heterocycles. The van der Waals surface area contributed by atoms with E-state index in [0.29, 0.717) is 12.2 Å². The van der Waals surface area contributed by atoms with Gasteiger partial charge in [0.2, 0.25) is 5.91 Å². The molecule has 1 N–H and O–H groups in total. The topological polar surface area (TPSA) is 42.0 Å². The van der Waals surface area contributed by atoms with Crippen LogP contribution in [-0.4, -0.2) is 16.6 Å². The summed E-state index contributed by atoms with van der Waals surface area (Å²) >= 11 is 3.99. The van der Waals surface area contributed by atoms with Crippen molar-refractivity contribution in [2.24, 2.45) is 0 Å². The molecule has 14 heavy (non-hydrogen) atoms. The minimum atomic E-state index is -0.0383. The molecule has 1 atom stereocenters. The van der Waals surface area contributed by atoms with Crippen LogP contribution in [0.1, 0.15) is 25.1 Å². The SMILES string of the molecule is CC(NC(=O)CCS)c1ccccn1.